The standard InChI is InChI=1S/C17H15NO3S/c18-10-8-13-9-11-21-17-12-15(6-7-16(13)17)22(19,20)14-4-2-1-3-5-14/h1-7,12-13H,8-9,11H2/t13-/m1/s1. The van der Waals surface area contributed by atoms with Crippen LogP contribution in [-0.2, 0) is 9.84 Å². The zero-order chi connectivity index (χ0) is 15.6. The monoisotopic (exact) mass is 313 g/mol. The first-order chi connectivity index (χ1) is 10.6. The molecule has 22 heavy (non-hydrogen) atoms. The van der Waals surface area contributed by atoms with Crippen molar-refractivity contribution in [2.75, 3.05) is 6.61 Å². The van der Waals surface area contributed by atoms with Crippen molar-refractivity contribution in [1.82, 2.24) is 0 Å². The summed E-state index contributed by atoms with van der Waals surface area (Å²) in [6.45, 7) is 0.508. The van der Waals surface area contributed by atoms with Crippen LogP contribution in [0.5, 0.6) is 5.75 Å². The minimum atomic E-state index is -3.55. The van der Waals surface area contributed by atoms with Gasteiger partial charge in [-0.1, -0.05) is 24.3 Å². The van der Waals surface area contributed by atoms with Crippen LogP contribution in [-0.4, -0.2) is 15.0 Å². The van der Waals surface area contributed by atoms with Crippen molar-refractivity contribution in [3.05, 3.63) is 54.1 Å². The van der Waals surface area contributed by atoms with Crippen LogP contribution in [0.2, 0.25) is 0 Å². The zero-order valence-corrected chi connectivity index (χ0v) is 12.7. The van der Waals surface area contributed by atoms with E-state index in [9.17, 15) is 8.42 Å². The Morgan fingerprint density at radius 1 is 1.14 bits per heavy atom. The van der Waals surface area contributed by atoms with Gasteiger partial charge in [0.2, 0.25) is 9.84 Å². The van der Waals surface area contributed by atoms with Gasteiger partial charge in [0.05, 0.1) is 22.5 Å². The molecule has 5 heteroatoms. The molecular weight excluding hydrogens is 298 g/mol. The second-order valence-corrected chi connectivity index (χ2v) is 7.16. The van der Waals surface area contributed by atoms with Crippen LogP contribution in [0, 0.1) is 11.3 Å². The Bertz CT molecular complexity index is 823. The highest BCUT2D eigenvalue weighted by Gasteiger charge is 2.25. The molecule has 1 heterocycles. The molecule has 0 bridgehead atoms. The fraction of sp³-hybridized carbons (Fsp3) is 0.235. The summed E-state index contributed by atoms with van der Waals surface area (Å²) in [5.74, 6) is 0.686. The van der Waals surface area contributed by atoms with Crippen LogP contribution < -0.4 is 4.74 Å². The summed E-state index contributed by atoms with van der Waals surface area (Å²) < 4.78 is 30.8. The van der Waals surface area contributed by atoms with E-state index in [1.54, 1.807) is 48.5 Å². The molecule has 0 radical (unpaired) electrons. The lowest BCUT2D eigenvalue weighted by Crippen LogP contribution is -2.14. The zero-order valence-electron chi connectivity index (χ0n) is 11.9. The SMILES string of the molecule is N#CC[C@@H]1CCOc2cc(S(=O)(=O)c3ccccc3)ccc21. The predicted octanol–water partition coefficient (Wildman–Crippen LogP) is 3.30. The summed E-state index contributed by atoms with van der Waals surface area (Å²) in [7, 11) is -3.55. The van der Waals surface area contributed by atoms with Crippen LogP contribution in [0.1, 0.15) is 24.3 Å². The summed E-state index contributed by atoms with van der Waals surface area (Å²) in [4.78, 5) is 0.481. The molecule has 4 nitrogen and oxygen atoms in total. The predicted molar refractivity (Wildman–Crippen MR) is 81.4 cm³/mol. The van der Waals surface area contributed by atoms with Crippen molar-refractivity contribution in [3.63, 3.8) is 0 Å². The normalized spacial score (nSPS) is 17.1. The maximum atomic E-state index is 12.6. The van der Waals surface area contributed by atoms with Crippen molar-refractivity contribution in [3.8, 4) is 11.8 Å². The molecular formula is C17H15NO3S. The topological polar surface area (TPSA) is 67.2 Å². The van der Waals surface area contributed by atoms with Gasteiger partial charge in [0.1, 0.15) is 5.75 Å². The third-order valence-corrected chi connectivity index (χ3v) is 5.62. The van der Waals surface area contributed by atoms with Crippen LogP contribution >= 0.6 is 0 Å². The molecule has 0 N–H and O–H groups in total. The van der Waals surface area contributed by atoms with E-state index < -0.39 is 9.84 Å². The van der Waals surface area contributed by atoms with E-state index in [1.165, 1.54) is 0 Å². The van der Waals surface area contributed by atoms with E-state index in [0.29, 0.717) is 18.8 Å². The Morgan fingerprint density at radius 3 is 2.64 bits per heavy atom. The molecule has 0 spiro atoms. The molecule has 1 aliphatic rings. The number of benzene rings is 2. The number of sulfone groups is 1. The summed E-state index contributed by atoms with van der Waals surface area (Å²) in [5.41, 5.74) is 0.916. The second-order valence-electron chi connectivity index (χ2n) is 5.21. The largest absolute Gasteiger partial charge is 0.493 e. The third kappa shape index (κ3) is 2.58. The van der Waals surface area contributed by atoms with Gasteiger partial charge in [-0.05, 0) is 36.2 Å². The highest BCUT2D eigenvalue weighted by Crippen LogP contribution is 2.37. The minimum absolute atomic E-state index is 0.113. The molecule has 1 aliphatic heterocycles. The fourth-order valence-electron chi connectivity index (χ4n) is 2.67. The van der Waals surface area contributed by atoms with Crippen LogP contribution in [0.4, 0.5) is 0 Å². The molecule has 0 aliphatic carbocycles. The van der Waals surface area contributed by atoms with E-state index in [0.717, 1.165) is 12.0 Å². The van der Waals surface area contributed by atoms with Crippen molar-refractivity contribution in [1.29, 1.82) is 5.26 Å². The van der Waals surface area contributed by atoms with Crippen LogP contribution in [0.25, 0.3) is 0 Å². The number of ether oxygens (including phenoxy) is 1. The first kappa shape index (κ1) is 14.6. The molecule has 112 valence electrons. The lowest BCUT2D eigenvalue weighted by atomic mass is 9.91. The Kier molecular flexibility index (Phi) is 3.86. The number of nitrogens with zero attached hydrogens (tertiary/aromatic N) is 1. The van der Waals surface area contributed by atoms with Gasteiger partial charge in [0, 0.05) is 12.3 Å². The molecule has 0 fully saturated rings. The Balaban J connectivity index is 2.03. The van der Waals surface area contributed by atoms with E-state index >= 15 is 0 Å². The van der Waals surface area contributed by atoms with Gasteiger partial charge in [-0.3, -0.25) is 0 Å². The molecule has 3 rings (SSSR count). The van der Waals surface area contributed by atoms with E-state index in [1.807, 2.05) is 0 Å². The highest BCUT2D eigenvalue weighted by molar-refractivity contribution is 7.91. The Morgan fingerprint density at radius 2 is 1.91 bits per heavy atom. The van der Waals surface area contributed by atoms with Gasteiger partial charge < -0.3 is 4.74 Å². The van der Waals surface area contributed by atoms with E-state index in [2.05, 4.69) is 6.07 Å². The number of rotatable bonds is 3. The third-order valence-electron chi connectivity index (χ3n) is 3.85. The Hall–Kier alpha value is -2.32. The van der Waals surface area contributed by atoms with Crippen molar-refractivity contribution in [2.45, 2.75) is 28.6 Å². The van der Waals surface area contributed by atoms with Crippen molar-refractivity contribution >= 4 is 9.84 Å². The van der Waals surface area contributed by atoms with E-state index in [-0.39, 0.29) is 15.7 Å². The molecule has 0 saturated heterocycles. The lowest BCUT2D eigenvalue weighted by Gasteiger charge is -2.24. The molecule has 0 unspecified atom stereocenters. The average molecular weight is 313 g/mol. The summed E-state index contributed by atoms with van der Waals surface area (Å²) in [6.07, 6.45) is 1.20. The van der Waals surface area contributed by atoms with Gasteiger partial charge in [-0.2, -0.15) is 5.26 Å². The number of hydrogen-bond acceptors (Lipinski definition) is 4. The first-order valence-electron chi connectivity index (χ1n) is 7.07. The molecule has 0 saturated carbocycles. The molecule has 2 aromatic rings. The number of fused-ring (bicyclic) bond motifs is 1. The smallest absolute Gasteiger partial charge is 0.206 e. The summed E-state index contributed by atoms with van der Waals surface area (Å²) in [5, 5.41) is 8.89. The summed E-state index contributed by atoms with van der Waals surface area (Å²) in [6, 6.07) is 15.4. The quantitative estimate of drug-likeness (QED) is 0.872. The number of hydrogen-bond donors (Lipinski definition) is 0. The number of nitriles is 1. The molecule has 0 amide bonds. The molecule has 0 aromatic heterocycles. The van der Waals surface area contributed by atoms with Crippen molar-refractivity contribution < 1.29 is 13.2 Å². The summed E-state index contributed by atoms with van der Waals surface area (Å²) >= 11 is 0. The fourth-order valence-corrected chi connectivity index (χ4v) is 3.97. The molecule has 2 aromatic carbocycles. The van der Waals surface area contributed by atoms with Crippen LogP contribution in [0.3, 0.4) is 0 Å². The Labute approximate surface area is 129 Å². The van der Waals surface area contributed by atoms with Crippen molar-refractivity contribution in [2.24, 2.45) is 0 Å². The first-order valence-corrected chi connectivity index (χ1v) is 8.55. The lowest BCUT2D eigenvalue weighted by molar-refractivity contribution is 0.267. The second kappa shape index (κ2) is 5.82. The van der Waals surface area contributed by atoms with E-state index in [4.69, 9.17) is 10.00 Å². The minimum Gasteiger partial charge on any atom is -0.493 e. The van der Waals surface area contributed by atoms with Gasteiger partial charge in [0.25, 0.3) is 0 Å². The average Bonchev–Trinajstić information content (AvgIpc) is 2.56. The maximum Gasteiger partial charge on any atom is 0.206 e. The van der Waals surface area contributed by atoms with Crippen LogP contribution in [0.15, 0.2) is 58.3 Å². The van der Waals surface area contributed by atoms with Gasteiger partial charge >= 0.3 is 0 Å². The van der Waals surface area contributed by atoms with Gasteiger partial charge in [-0.25, -0.2) is 8.42 Å². The molecule has 1 atom stereocenters. The highest BCUT2D eigenvalue weighted by atomic mass is 32.2. The van der Waals surface area contributed by atoms with Gasteiger partial charge in [0.15, 0.2) is 0 Å². The van der Waals surface area contributed by atoms with Gasteiger partial charge in [-0.15, -0.1) is 0 Å². The maximum absolute atomic E-state index is 12.6.